The molecule has 0 amide bonds. The molecular formula is C11H9Cl2N3S. The number of halogens is 2. The zero-order valence-electron chi connectivity index (χ0n) is 8.95. The van der Waals surface area contributed by atoms with Gasteiger partial charge in [-0.25, -0.2) is 9.97 Å². The van der Waals surface area contributed by atoms with E-state index in [9.17, 15) is 0 Å². The van der Waals surface area contributed by atoms with E-state index in [1.807, 2.05) is 12.1 Å². The maximum absolute atomic E-state index is 6.08. The molecule has 0 spiro atoms. The highest BCUT2D eigenvalue weighted by atomic mass is 35.5. The Balaban J connectivity index is 2.27. The molecule has 0 aliphatic heterocycles. The molecule has 0 aliphatic carbocycles. The van der Waals surface area contributed by atoms with Crippen LogP contribution in [-0.4, -0.2) is 17.0 Å². The average Bonchev–Trinajstić information content (AvgIpc) is 2.34. The van der Waals surface area contributed by atoms with E-state index in [0.29, 0.717) is 16.0 Å². The minimum Gasteiger partial charge on any atom is -0.357 e. The van der Waals surface area contributed by atoms with E-state index in [1.165, 1.54) is 11.8 Å². The summed E-state index contributed by atoms with van der Waals surface area (Å²) in [6.07, 6.45) is 1.69. The van der Waals surface area contributed by atoms with Crippen molar-refractivity contribution in [3.8, 4) is 0 Å². The molecule has 1 N–H and O–H groups in total. The third kappa shape index (κ3) is 3.25. The van der Waals surface area contributed by atoms with Crippen LogP contribution in [0.1, 0.15) is 0 Å². The zero-order chi connectivity index (χ0) is 12.3. The number of nitrogens with zero attached hydrogens (tertiary/aromatic N) is 2. The highest BCUT2D eigenvalue weighted by Crippen LogP contribution is 2.34. The van der Waals surface area contributed by atoms with Gasteiger partial charge in [-0.2, -0.15) is 0 Å². The highest BCUT2D eigenvalue weighted by Gasteiger charge is 2.05. The number of rotatable bonds is 3. The summed E-state index contributed by atoms with van der Waals surface area (Å²) in [5, 5.41) is 5.01. The summed E-state index contributed by atoms with van der Waals surface area (Å²) in [4.78, 5) is 9.22. The molecule has 0 saturated carbocycles. The van der Waals surface area contributed by atoms with Gasteiger partial charge in [0.2, 0.25) is 5.95 Å². The number of aromatic nitrogens is 2. The van der Waals surface area contributed by atoms with Gasteiger partial charge in [-0.3, -0.25) is 0 Å². The fourth-order valence-electron chi connectivity index (χ4n) is 1.19. The third-order valence-corrected chi connectivity index (χ3v) is 3.63. The van der Waals surface area contributed by atoms with Crippen LogP contribution in [-0.2, 0) is 0 Å². The monoisotopic (exact) mass is 285 g/mol. The Morgan fingerprint density at radius 1 is 1.24 bits per heavy atom. The van der Waals surface area contributed by atoms with Crippen LogP contribution < -0.4 is 5.32 Å². The van der Waals surface area contributed by atoms with Crippen molar-refractivity contribution < 1.29 is 0 Å². The summed E-state index contributed by atoms with van der Waals surface area (Å²) in [6, 6.07) is 7.16. The first-order chi connectivity index (χ1) is 8.19. The maximum Gasteiger partial charge on any atom is 0.223 e. The fourth-order valence-corrected chi connectivity index (χ4v) is 2.50. The van der Waals surface area contributed by atoms with Crippen LogP contribution in [0.25, 0.3) is 0 Å². The van der Waals surface area contributed by atoms with Gasteiger partial charge < -0.3 is 5.32 Å². The lowest BCUT2D eigenvalue weighted by atomic mass is 10.4. The summed E-state index contributed by atoms with van der Waals surface area (Å²) < 4.78 is 0. The molecule has 6 heteroatoms. The van der Waals surface area contributed by atoms with Crippen LogP contribution in [0.5, 0.6) is 0 Å². The summed E-state index contributed by atoms with van der Waals surface area (Å²) in [5.41, 5.74) is 0. The average molecular weight is 286 g/mol. The third-order valence-electron chi connectivity index (χ3n) is 1.96. The van der Waals surface area contributed by atoms with Gasteiger partial charge in [0.25, 0.3) is 0 Å². The Labute approximate surface area is 114 Å². The lowest BCUT2D eigenvalue weighted by molar-refractivity contribution is 1.05. The Hall–Kier alpha value is -0.970. The molecular weight excluding hydrogens is 277 g/mol. The van der Waals surface area contributed by atoms with Gasteiger partial charge in [0.15, 0.2) is 0 Å². The highest BCUT2D eigenvalue weighted by molar-refractivity contribution is 7.99. The molecule has 0 radical (unpaired) electrons. The van der Waals surface area contributed by atoms with Crippen molar-refractivity contribution >= 4 is 40.9 Å². The fraction of sp³-hybridized carbons (Fsp3) is 0.0909. The van der Waals surface area contributed by atoms with Crippen LogP contribution >= 0.6 is 35.0 Å². The molecule has 1 heterocycles. The summed E-state index contributed by atoms with van der Waals surface area (Å²) >= 11 is 13.5. The molecule has 0 saturated heterocycles. The minimum atomic E-state index is 0.577. The number of hydrogen-bond donors (Lipinski definition) is 1. The van der Waals surface area contributed by atoms with Gasteiger partial charge in [0.05, 0.1) is 5.02 Å². The Morgan fingerprint density at radius 3 is 2.82 bits per heavy atom. The molecule has 2 rings (SSSR count). The summed E-state index contributed by atoms with van der Waals surface area (Å²) in [5.74, 6) is 0.577. The SMILES string of the molecule is CNc1nccc(Sc2cc(Cl)ccc2Cl)n1. The van der Waals surface area contributed by atoms with E-state index in [4.69, 9.17) is 23.2 Å². The molecule has 88 valence electrons. The molecule has 2 aromatic rings. The number of anilines is 1. The summed E-state index contributed by atoms with van der Waals surface area (Å²) in [7, 11) is 1.77. The maximum atomic E-state index is 6.08. The smallest absolute Gasteiger partial charge is 0.223 e. The predicted octanol–water partition coefficient (Wildman–Crippen LogP) is 3.98. The number of hydrogen-bond acceptors (Lipinski definition) is 4. The minimum absolute atomic E-state index is 0.577. The topological polar surface area (TPSA) is 37.8 Å². The predicted molar refractivity (Wildman–Crippen MR) is 72.2 cm³/mol. The molecule has 1 aromatic heterocycles. The van der Waals surface area contributed by atoms with Gasteiger partial charge in [-0.1, -0.05) is 35.0 Å². The lowest BCUT2D eigenvalue weighted by Crippen LogP contribution is -1.95. The van der Waals surface area contributed by atoms with Crippen LogP contribution in [0.2, 0.25) is 10.0 Å². The first-order valence-electron chi connectivity index (χ1n) is 4.83. The van der Waals surface area contributed by atoms with Gasteiger partial charge in [-0.05, 0) is 24.3 Å². The van der Waals surface area contributed by atoms with Crippen LogP contribution in [0.3, 0.4) is 0 Å². The Kier molecular flexibility index (Phi) is 4.10. The van der Waals surface area contributed by atoms with Gasteiger partial charge in [0, 0.05) is 23.2 Å². The van der Waals surface area contributed by atoms with Crippen molar-refractivity contribution in [2.75, 3.05) is 12.4 Å². The molecule has 1 aromatic carbocycles. The normalized spacial score (nSPS) is 10.3. The van der Waals surface area contributed by atoms with Crippen LogP contribution in [0.4, 0.5) is 5.95 Å². The van der Waals surface area contributed by atoms with E-state index in [-0.39, 0.29) is 0 Å². The van der Waals surface area contributed by atoms with Gasteiger partial charge in [-0.15, -0.1) is 0 Å². The van der Waals surface area contributed by atoms with Gasteiger partial charge in [0.1, 0.15) is 5.03 Å². The quantitative estimate of drug-likeness (QED) is 0.866. The molecule has 0 bridgehead atoms. The van der Waals surface area contributed by atoms with Crippen molar-refractivity contribution in [1.29, 1.82) is 0 Å². The van der Waals surface area contributed by atoms with E-state index in [2.05, 4.69) is 15.3 Å². The second-order valence-electron chi connectivity index (χ2n) is 3.15. The summed E-state index contributed by atoms with van der Waals surface area (Å²) in [6.45, 7) is 0. The second kappa shape index (κ2) is 5.58. The van der Waals surface area contributed by atoms with Crippen molar-refractivity contribution in [3.63, 3.8) is 0 Å². The molecule has 0 fully saturated rings. The lowest BCUT2D eigenvalue weighted by Gasteiger charge is -2.05. The zero-order valence-corrected chi connectivity index (χ0v) is 11.3. The van der Waals surface area contributed by atoms with Crippen molar-refractivity contribution in [2.24, 2.45) is 0 Å². The van der Waals surface area contributed by atoms with Crippen molar-refractivity contribution in [2.45, 2.75) is 9.92 Å². The largest absolute Gasteiger partial charge is 0.357 e. The number of nitrogens with one attached hydrogen (secondary N) is 1. The van der Waals surface area contributed by atoms with E-state index in [0.717, 1.165) is 9.92 Å². The van der Waals surface area contributed by atoms with Gasteiger partial charge >= 0.3 is 0 Å². The molecule has 0 atom stereocenters. The van der Waals surface area contributed by atoms with E-state index >= 15 is 0 Å². The van der Waals surface area contributed by atoms with E-state index < -0.39 is 0 Å². The first kappa shape index (κ1) is 12.5. The Morgan fingerprint density at radius 2 is 2.06 bits per heavy atom. The van der Waals surface area contributed by atoms with Crippen LogP contribution in [0, 0.1) is 0 Å². The van der Waals surface area contributed by atoms with Crippen LogP contribution in [0.15, 0.2) is 40.4 Å². The molecule has 17 heavy (non-hydrogen) atoms. The van der Waals surface area contributed by atoms with Crippen molar-refractivity contribution in [1.82, 2.24) is 9.97 Å². The molecule has 0 aliphatic rings. The molecule has 0 unspecified atom stereocenters. The van der Waals surface area contributed by atoms with Crippen molar-refractivity contribution in [3.05, 3.63) is 40.5 Å². The Bertz CT molecular complexity index is 534. The first-order valence-corrected chi connectivity index (χ1v) is 6.40. The molecule has 3 nitrogen and oxygen atoms in total. The standard InChI is InChI=1S/C11H9Cl2N3S/c1-14-11-15-5-4-10(16-11)17-9-6-7(12)2-3-8(9)13/h2-6H,1H3,(H,14,15,16). The van der Waals surface area contributed by atoms with E-state index in [1.54, 1.807) is 25.4 Å². The number of benzene rings is 1. The second-order valence-corrected chi connectivity index (χ2v) is 5.05.